The Morgan fingerprint density at radius 2 is 1.73 bits per heavy atom. The summed E-state index contributed by atoms with van der Waals surface area (Å²) in [5, 5.41) is 0. The Labute approximate surface area is 92.0 Å². The van der Waals surface area contributed by atoms with Crippen molar-refractivity contribution in [3.05, 3.63) is 0 Å². The van der Waals surface area contributed by atoms with E-state index in [1.54, 1.807) is 0 Å². The van der Waals surface area contributed by atoms with Gasteiger partial charge in [0.05, 0.1) is 0 Å². The molecule has 1 fully saturated rings. The molecule has 0 unspecified atom stereocenters. The summed E-state index contributed by atoms with van der Waals surface area (Å²) in [6.45, 7) is 0.369. The van der Waals surface area contributed by atoms with E-state index in [9.17, 15) is 8.42 Å². The first kappa shape index (κ1) is 12.9. The second-order valence-corrected chi connectivity index (χ2v) is 5.83. The molecular weight excluding hydrogens is 214 g/mol. The van der Waals surface area contributed by atoms with Gasteiger partial charge in [0, 0.05) is 19.1 Å². The fourth-order valence-corrected chi connectivity index (χ4v) is 3.05. The maximum Gasteiger partial charge on any atom is 0.277 e. The molecule has 90 valence electrons. The highest BCUT2D eigenvalue weighted by molar-refractivity contribution is 7.87. The third kappa shape index (κ3) is 3.71. The lowest BCUT2D eigenvalue weighted by Crippen LogP contribution is -2.55. The summed E-state index contributed by atoms with van der Waals surface area (Å²) in [4.78, 5) is 0. The van der Waals surface area contributed by atoms with Gasteiger partial charge in [-0.1, -0.05) is 25.7 Å². The second-order valence-electron chi connectivity index (χ2n) is 4.21. The Morgan fingerprint density at radius 3 is 2.13 bits per heavy atom. The summed E-state index contributed by atoms with van der Waals surface area (Å²) in [5.41, 5.74) is 5.28. The van der Waals surface area contributed by atoms with Crippen molar-refractivity contribution >= 4 is 10.2 Å². The highest BCUT2D eigenvalue weighted by atomic mass is 32.2. The molecule has 0 aromatic heterocycles. The van der Waals surface area contributed by atoms with Crippen LogP contribution in [0, 0.1) is 0 Å². The predicted octanol–water partition coefficient (Wildman–Crippen LogP) is 0.0919. The molecule has 0 radical (unpaired) electrons. The maximum absolute atomic E-state index is 11.5. The van der Waals surface area contributed by atoms with Crippen molar-refractivity contribution in [3.63, 3.8) is 0 Å². The molecule has 5 nitrogen and oxygen atoms in total. The molecule has 0 saturated heterocycles. The van der Waals surface area contributed by atoms with Crippen LogP contribution in [0.25, 0.3) is 0 Å². The van der Waals surface area contributed by atoms with E-state index < -0.39 is 15.7 Å². The first-order valence-corrected chi connectivity index (χ1v) is 6.94. The predicted molar refractivity (Wildman–Crippen MR) is 60.6 cm³/mol. The van der Waals surface area contributed by atoms with Crippen LogP contribution in [0.1, 0.15) is 38.5 Å². The average molecular weight is 235 g/mol. The van der Waals surface area contributed by atoms with Gasteiger partial charge in [-0.15, -0.1) is 0 Å². The van der Waals surface area contributed by atoms with E-state index in [4.69, 9.17) is 5.73 Å². The normalized spacial score (nSPS) is 22.3. The van der Waals surface area contributed by atoms with Gasteiger partial charge in [0.1, 0.15) is 0 Å². The monoisotopic (exact) mass is 235 g/mol. The van der Waals surface area contributed by atoms with Crippen LogP contribution in [-0.4, -0.2) is 27.5 Å². The van der Waals surface area contributed by atoms with E-state index in [2.05, 4.69) is 9.44 Å². The highest BCUT2D eigenvalue weighted by Crippen LogP contribution is 2.26. The van der Waals surface area contributed by atoms with E-state index in [-0.39, 0.29) is 0 Å². The van der Waals surface area contributed by atoms with Crippen molar-refractivity contribution in [2.45, 2.75) is 44.1 Å². The molecule has 0 heterocycles. The Kier molecular flexibility index (Phi) is 4.51. The molecule has 1 aliphatic carbocycles. The molecule has 1 rings (SSSR count). The third-order valence-corrected chi connectivity index (χ3v) is 4.31. The smallest absolute Gasteiger partial charge is 0.277 e. The summed E-state index contributed by atoms with van der Waals surface area (Å²) in [6.07, 6.45) is 6.10. The molecule has 1 aliphatic rings. The van der Waals surface area contributed by atoms with Crippen LogP contribution in [0.4, 0.5) is 0 Å². The van der Waals surface area contributed by atoms with E-state index in [1.807, 2.05) is 0 Å². The van der Waals surface area contributed by atoms with Gasteiger partial charge in [-0.05, 0) is 12.8 Å². The molecule has 4 N–H and O–H groups in total. The Morgan fingerprint density at radius 1 is 1.20 bits per heavy atom. The summed E-state index contributed by atoms with van der Waals surface area (Å²) in [7, 11) is -1.98. The number of hydrogen-bond donors (Lipinski definition) is 3. The van der Waals surface area contributed by atoms with Gasteiger partial charge >= 0.3 is 0 Å². The molecule has 0 aromatic carbocycles. The molecule has 0 aliphatic heterocycles. The molecule has 6 heteroatoms. The highest BCUT2D eigenvalue weighted by Gasteiger charge is 2.33. The SMILES string of the molecule is CNS(=O)(=O)NC1(CN)CCCCCC1. The van der Waals surface area contributed by atoms with Crippen LogP contribution >= 0.6 is 0 Å². The second kappa shape index (κ2) is 5.25. The summed E-state index contributed by atoms with van der Waals surface area (Å²) in [6, 6.07) is 0. The fraction of sp³-hybridized carbons (Fsp3) is 1.00. The minimum atomic E-state index is -3.39. The molecule has 15 heavy (non-hydrogen) atoms. The Hall–Kier alpha value is -0.170. The van der Waals surface area contributed by atoms with Crippen molar-refractivity contribution in [1.82, 2.24) is 9.44 Å². The molecule has 0 atom stereocenters. The van der Waals surface area contributed by atoms with E-state index in [0.717, 1.165) is 25.7 Å². The van der Waals surface area contributed by atoms with Crippen LogP contribution in [-0.2, 0) is 10.2 Å². The third-order valence-electron chi connectivity index (χ3n) is 3.07. The maximum atomic E-state index is 11.5. The van der Waals surface area contributed by atoms with Gasteiger partial charge in [0.25, 0.3) is 10.2 Å². The van der Waals surface area contributed by atoms with Crippen molar-refractivity contribution < 1.29 is 8.42 Å². The van der Waals surface area contributed by atoms with E-state index in [1.165, 1.54) is 19.9 Å². The number of hydrogen-bond acceptors (Lipinski definition) is 3. The Bertz CT molecular complexity index is 282. The van der Waals surface area contributed by atoms with Crippen LogP contribution in [0.5, 0.6) is 0 Å². The summed E-state index contributed by atoms with van der Waals surface area (Å²) >= 11 is 0. The van der Waals surface area contributed by atoms with Gasteiger partial charge < -0.3 is 5.73 Å². The zero-order chi connectivity index (χ0) is 11.4. The lowest BCUT2D eigenvalue weighted by molar-refractivity contribution is 0.341. The molecule has 0 spiro atoms. The zero-order valence-electron chi connectivity index (χ0n) is 9.25. The van der Waals surface area contributed by atoms with Crippen LogP contribution < -0.4 is 15.2 Å². The first-order valence-electron chi connectivity index (χ1n) is 5.46. The largest absolute Gasteiger partial charge is 0.329 e. The van der Waals surface area contributed by atoms with Crippen LogP contribution in [0.2, 0.25) is 0 Å². The van der Waals surface area contributed by atoms with E-state index >= 15 is 0 Å². The van der Waals surface area contributed by atoms with Crippen molar-refractivity contribution in [1.29, 1.82) is 0 Å². The van der Waals surface area contributed by atoms with Gasteiger partial charge in [-0.25, -0.2) is 4.72 Å². The van der Waals surface area contributed by atoms with Crippen LogP contribution in [0.15, 0.2) is 0 Å². The molecule has 0 aromatic rings. The lowest BCUT2D eigenvalue weighted by atomic mass is 9.92. The summed E-state index contributed by atoms with van der Waals surface area (Å²) < 4.78 is 27.9. The summed E-state index contributed by atoms with van der Waals surface area (Å²) in [5.74, 6) is 0. The molecule has 0 amide bonds. The number of rotatable bonds is 4. The standard InChI is InChI=1S/C9H21N3O2S/c1-11-15(13,14)12-9(8-10)6-4-2-3-5-7-9/h11-12H,2-8,10H2,1H3. The quantitative estimate of drug-likeness (QED) is 0.604. The van der Waals surface area contributed by atoms with Crippen molar-refractivity contribution in [3.8, 4) is 0 Å². The average Bonchev–Trinajstić information content (AvgIpc) is 2.44. The Balaban J connectivity index is 2.74. The molecular formula is C9H21N3O2S. The van der Waals surface area contributed by atoms with Crippen LogP contribution in [0.3, 0.4) is 0 Å². The number of nitrogens with two attached hydrogens (primary N) is 1. The van der Waals surface area contributed by atoms with Gasteiger partial charge in [-0.2, -0.15) is 13.1 Å². The first-order chi connectivity index (χ1) is 7.04. The van der Waals surface area contributed by atoms with Gasteiger partial charge in [0.2, 0.25) is 0 Å². The van der Waals surface area contributed by atoms with Gasteiger partial charge in [-0.3, -0.25) is 0 Å². The van der Waals surface area contributed by atoms with E-state index in [0.29, 0.717) is 6.54 Å². The molecule has 1 saturated carbocycles. The number of nitrogens with one attached hydrogen (secondary N) is 2. The minimum absolute atomic E-state index is 0.369. The van der Waals surface area contributed by atoms with Crippen molar-refractivity contribution in [2.75, 3.05) is 13.6 Å². The zero-order valence-corrected chi connectivity index (χ0v) is 10.1. The van der Waals surface area contributed by atoms with Crippen molar-refractivity contribution in [2.24, 2.45) is 5.73 Å². The van der Waals surface area contributed by atoms with Gasteiger partial charge in [0.15, 0.2) is 0 Å². The lowest BCUT2D eigenvalue weighted by Gasteiger charge is -2.31. The topological polar surface area (TPSA) is 84.2 Å². The fourth-order valence-electron chi connectivity index (χ4n) is 2.09. The minimum Gasteiger partial charge on any atom is -0.329 e. The molecule has 0 bridgehead atoms.